The summed E-state index contributed by atoms with van der Waals surface area (Å²) in [5, 5.41) is 7.13. The van der Waals surface area contributed by atoms with Gasteiger partial charge in [0.2, 0.25) is 5.91 Å². The monoisotopic (exact) mass is 457 g/mol. The molecule has 2 aromatic carbocycles. The summed E-state index contributed by atoms with van der Waals surface area (Å²) in [5.41, 5.74) is 7.14. The van der Waals surface area contributed by atoms with E-state index in [9.17, 15) is 19.2 Å². The first-order valence-corrected chi connectivity index (χ1v) is 10.1. The number of hydrazine groups is 1. The van der Waals surface area contributed by atoms with Gasteiger partial charge in [-0.25, -0.2) is 11.3 Å². The summed E-state index contributed by atoms with van der Waals surface area (Å²) in [6.07, 6.45) is -0.0672. The maximum absolute atomic E-state index is 12.6. The molecule has 0 bridgehead atoms. The number of carbonyl (C=O) groups excluding carboxylic acids is 4. The Morgan fingerprint density at radius 3 is 2.25 bits per heavy atom. The Morgan fingerprint density at radius 2 is 1.62 bits per heavy atom. The van der Waals surface area contributed by atoms with Crippen molar-refractivity contribution in [2.75, 3.05) is 5.32 Å². The fourth-order valence-corrected chi connectivity index (χ4v) is 2.78. The van der Waals surface area contributed by atoms with Crippen molar-refractivity contribution in [2.24, 2.45) is 10.9 Å². The maximum Gasteiger partial charge on any atom is 0.330 e. The molecule has 3 amide bonds. The molecule has 32 heavy (non-hydrogen) atoms. The zero-order valence-electron chi connectivity index (χ0n) is 17.7. The third-order valence-corrected chi connectivity index (χ3v) is 4.87. The number of hydrogen-bond donors (Lipinski definition) is 4. The highest BCUT2D eigenvalue weighted by Crippen LogP contribution is 2.15. The molecule has 0 unspecified atom stereocenters. The number of ketones is 1. The first kappa shape index (κ1) is 24.7. The molecule has 0 heterocycles. The number of hydrazone groups is 1. The fraction of sp³-hybridized carbons (Fsp3) is 0.227. The summed E-state index contributed by atoms with van der Waals surface area (Å²) in [7, 11) is 0. The van der Waals surface area contributed by atoms with Crippen LogP contribution in [0.1, 0.15) is 40.7 Å². The van der Waals surface area contributed by atoms with Gasteiger partial charge in [0.05, 0.1) is 6.42 Å². The molecular weight excluding hydrogens is 434 g/mol. The van der Waals surface area contributed by atoms with Crippen molar-refractivity contribution in [1.29, 1.82) is 0 Å². The molecular formula is C22H24ClN5O4. The highest BCUT2D eigenvalue weighted by Gasteiger charge is 2.15. The van der Waals surface area contributed by atoms with Crippen LogP contribution in [0.2, 0.25) is 5.02 Å². The van der Waals surface area contributed by atoms with E-state index in [2.05, 4.69) is 10.4 Å². The van der Waals surface area contributed by atoms with Gasteiger partial charge >= 0.3 is 11.8 Å². The number of anilines is 1. The molecule has 5 N–H and O–H groups in total. The number of aryl methyl sites for hydroxylation is 2. The van der Waals surface area contributed by atoms with E-state index in [1.807, 2.05) is 31.4 Å². The number of nitrogens with one attached hydrogen (secondary N) is 3. The molecule has 0 saturated heterocycles. The number of amides is 3. The Kier molecular flexibility index (Phi) is 9.06. The molecule has 0 radical (unpaired) electrons. The second-order valence-electron chi connectivity index (χ2n) is 7.05. The van der Waals surface area contributed by atoms with Crippen LogP contribution in [0.5, 0.6) is 0 Å². The molecule has 0 aromatic heterocycles. The number of rotatable bonds is 8. The van der Waals surface area contributed by atoms with Crippen molar-refractivity contribution in [3.63, 3.8) is 0 Å². The van der Waals surface area contributed by atoms with Gasteiger partial charge in [-0.15, -0.1) is 0 Å². The van der Waals surface area contributed by atoms with Crippen LogP contribution >= 0.6 is 11.6 Å². The topological polar surface area (TPSA) is 143 Å². The van der Waals surface area contributed by atoms with Gasteiger partial charge < -0.3 is 5.32 Å². The maximum atomic E-state index is 12.6. The van der Waals surface area contributed by atoms with Crippen LogP contribution in [-0.2, 0) is 14.4 Å². The number of hydrogen-bond acceptors (Lipinski definition) is 6. The molecule has 0 fully saturated rings. The minimum absolute atomic E-state index is 0.0125. The molecule has 9 nitrogen and oxygen atoms in total. The van der Waals surface area contributed by atoms with Gasteiger partial charge in [0, 0.05) is 28.4 Å². The van der Waals surface area contributed by atoms with Crippen molar-refractivity contribution in [2.45, 2.75) is 33.1 Å². The number of carbonyl (C=O) groups is 4. The summed E-state index contributed by atoms with van der Waals surface area (Å²) in [6, 6.07) is 11.8. The van der Waals surface area contributed by atoms with Crippen molar-refractivity contribution < 1.29 is 19.2 Å². The van der Waals surface area contributed by atoms with E-state index in [0.29, 0.717) is 16.3 Å². The first-order valence-electron chi connectivity index (χ1n) is 9.71. The van der Waals surface area contributed by atoms with E-state index in [0.717, 1.165) is 11.1 Å². The average Bonchev–Trinajstić information content (AvgIpc) is 2.77. The molecule has 0 saturated carbocycles. The molecule has 0 atom stereocenters. The third kappa shape index (κ3) is 7.60. The predicted molar refractivity (Wildman–Crippen MR) is 122 cm³/mol. The largest absolute Gasteiger partial charge is 0.330 e. The number of Topliss-reactive ketones (excluding diaryl/α,β-unsaturated/α-hetero) is 1. The van der Waals surface area contributed by atoms with E-state index in [-0.39, 0.29) is 36.7 Å². The van der Waals surface area contributed by atoms with Gasteiger partial charge in [0.15, 0.2) is 5.78 Å². The number of benzene rings is 2. The van der Waals surface area contributed by atoms with Gasteiger partial charge in [0.25, 0.3) is 0 Å². The second-order valence-corrected chi connectivity index (χ2v) is 7.48. The summed E-state index contributed by atoms with van der Waals surface area (Å²) in [4.78, 5) is 47.8. The summed E-state index contributed by atoms with van der Waals surface area (Å²) in [6.45, 7) is 3.92. The van der Waals surface area contributed by atoms with Gasteiger partial charge in [0.1, 0.15) is 0 Å². The van der Waals surface area contributed by atoms with E-state index >= 15 is 0 Å². The lowest BCUT2D eigenvalue weighted by Gasteiger charge is -2.09. The zero-order valence-corrected chi connectivity index (χ0v) is 18.5. The molecule has 0 aliphatic heterocycles. The van der Waals surface area contributed by atoms with E-state index in [4.69, 9.17) is 17.4 Å². The molecule has 0 aliphatic rings. The van der Waals surface area contributed by atoms with Crippen LogP contribution in [0.3, 0.4) is 0 Å². The second kappa shape index (κ2) is 11.7. The fourth-order valence-electron chi connectivity index (χ4n) is 2.65. The number of nitrogens with two attached hydrogens (primary N) is 1. The van der Waals surface area contributed by atoms with Crippen molar-refractivity contribution in [3.05, 3.63) is 64.2 Å². The Labute approximate surface area is 190 Å². The Bertz CT molecular complexity index is 1050. The lowest BCUT2D eigenvalue weighted by molar-refractivity contribution is -0.139. The molecule has 168 valence electrons. The van der Waals surface area contributed by atoms with Crippen molar-refractivity contribution in [1.82, 2.24) is 10.9 Å². The lowest BCUT2D eigenvalue weighted by Crippen LogP contribution is -2.41. The number of nitrogens with zero attached hydrogens (tertiary/aromatic N) is 1. The smallest absolute Gasteiger partial charge is 0.326 e. The van der Waals surface area contributed by atoms with Gasteiger partial charge in [-0.1, -0.05) is 17.7 Å². The molecule has 2 aromatic rings. The van der Waals surface area contributed by atoms with Gasteiger partial charge in [-0.3, -0.25) is 24.6 Å². The standard InChI is InChI=1S/C22H24ClN5O4/c1-13-3-8-17(11-14(13)2)25-20(30)10-9-18(27-28-22(32)21(31)26-24)12-19(29)15-4-6-16(23)7-5-15/h3-8,11H,9-10,12,24H2,1-2H3,(H,25,30)(H,26,31)(H,28,32)/b27-18-. The van der Waals surface area contributed by atoms with E-state index in [1.54, 1.807) is 35.8 Å². The minimum Gasteiger partial charge on any atom is -0.326 e. The van der Waals surface area contributed by atoms with Crippen LogP contribution < -0.4 is 22.0 Å². The SMILES string of the molecule is Cc1ccc(NC(=O)CC/C(CC(=O)c2ccc(Cl)cc2)=N/NC(=O)C(=O)NN)cc1C. The van der Waals surface area contributed by atoms with Gasteiger partial charge in [-0.05, 0) is 67.8 Å². The molecule has 10 heteroatoms. The molecule has 0 aliphatic carbocycles. The van der Waals surface area contributed by atoms with Crippen molar-refractivity contribution in [3.8, 4) is 0 Å². The Hall–Kier alpha value is -3.56. The summed E-state index contributed by atoms with van der Waals surface area (Å²) in [5.74, 6) is 2.16. The van der Waals surface area contributed by atoms with E-state index < -0.39 is 11.8 Å². The Balaban J connectivity index is 2.07. The van der Waals surface area contributed by atoms with Gasteiger partial charge in [-0.2, -0.15) is 5.10 Å². The summed E-state index contributed by atoms with van der Waals surface area (Å²) >= 11 is 5.84. The van der Waals surface area contributed by atoms with Crippen LogP contribution in [-0.4, -0.2) is 29.2 Å². The normalized spacial score (nSPS) is 10.9. The molecule has 2 rings (SSSR count). The molecule has 0 spiro atoms. The van der Waals surface area contributed by atoms with E-state index in [1.165, 1.54) is 0 Å². The summed E-state index contributed by atoms with van der Waals surface area (Å²) < 4.78 is 0. The van der Waals surface area contributed by atoms with Crippen LogP contribution in [0.25, 0.3) is 0 Å². The third-order valence-electron chi connectivity index (χ3n) is 4.62. The average molecular weight is 458 g/mol. The van der Waals surface area contributed by atoms with Crippen LogP contribution in [0.4, 0.5) is 5.69 Å². The lowest BCUT2D eigenvalue weighted by atomic mass is 10.0. The number of halogens is 1. The predicted octanol–water partition coefficient (Wildman–Crippen LogP) is 2.41. The van der Waals surface area contributed by atoms with Crippen molar-refractivity contribution >= 4 is 46.5 Å². The Morgan fingerprint density at radius 1 is 0.938 bits per heavy atom. The first-order chi connectivity index (χ1) is 15.2. The zero-order chi connectivity index (χ0) is 23.7. The van der Waals surface area contributed by atoms with Crippen LogP contribution in [0, 0.1) is 13.8 Å². The highest BCUT2D eigenvalue weighted by molar-refractivity contribution is 6.35. The minimum atomic E-state index is -1.09. The quantitative estimate of drug-likeness (QED) is 0.120. The van der Waals surface area contributed by atoms with Crippen LogP contribution in [0.15, 0.2) is 47.6 Å². The highest BCUT2D eigenvalue weighted by atomic mass is 35.5.